The maximum atomic E-state index is 12.5. The lowest BCUT2D eigenvalue weighted by molar-refractivity contribution is -0.113. The topological polar surface area (TPSA) is 83.0 Å². The molecule has 0 aliphatic carbocycles. The number of thioether (sulfide) groups is 1. The van der Waals surface area contributed by atoms with Crippen molar-refractivity contribution in [2.45, 2.75) is 31.5 Å². The van der Waals surface area contributed by atoms with Crippen LogP contribution in [-0.2, 0) is 11.3 Å². The van der Waals surface area contributed by atoms with Crippen molar-refractivity contribution in [3.8, 4) is 0 Å². The van der Waals surface area contributed by atoms with Gasteiger partial charge in [0.25, 0.3) is 0 Å². The van der Waals surface area contributed by atoms with Crippen LogP contribution < -0.4 is 15.9 Å². The molecule has 1 aliphatic heterocycles. The zero-order valence-corrected chi connectivity index (χ0v) is 17.7. The summed E-state index contributed by atoms with van der Waals surface area (Å²) >= 11 is 1.24. The Bertz CT molecular complexity index is 1070. The lowest BCUT2D eigenvalue weighted by Crippen LogP contribution is -2.20. The van der Waals surface area contributed by atoms with E-state index in [4.69, 9.17) is 0 Å². The van der Waals surface area contributed by atoms with Gasteiger partial charge in [0.15, 0.2) is 5.16 Å². The van der Waals surface area contributed by atoms with Gasteiger partial charge in [-0.15, -0.1) is 5.10 Å². The zero-order valence-electron chi connectivity index (χ0n) is 16.9. The third kappa shape index (κ3) is 4.76. The molecule has 2 heterocycles. The summed E-state index contributed by atoms with van der Waals surface area (Å²) in [5, 5.41) is 10.0. The first-order valence-electron chi connectivity index (χ1n) is 10.1. The van der Waals surface area contributed by atoms with Crippen LogP contribution in [0.4, 0.5) is 11.4 Å². The van der Waals surface area contributed by atoms with Crippen molar-refractivity contribution in [1.29, 1.82) is 0 Å². The van der Waals surface area contributed by atoms with Crippen LogP contribution in [0.25, 0.3) is 0 Å². The molecule has 30 heavy (non-hydrogen) atoms. The standard InChI is InChI=1S/C22H25N5O2S/c1-16-13-18(26-11-5-6-12-26)9-10-19(16)23-20(28)15-30-22-25-24-21(29)27(22)14-17-7-3-2-4-8-17/h2-4,7-10,13H,5-6,11-12,14-15H2,1H3,(H,23,28)(H,24,29). The number of nitrogens with zero attached hydrogens (tertiary/aromatic N) is 3. The highest BCUT2D eigenvalue weighted by Gasteiger charge is 2.15. The predicted molar refractivity (Wildman–Crippen MR) is 120 cm³/mol. The number of benzene rings is 2. The van der Waals surface area contributed by atoms with Gasteiger partial charge in [-0.1, -0.05) is 42.1 Å². The molecule has 1 saturated heterocycles. The molecule has 0 spiro atoms. The van der Waals surface area contributed by atoms with E-state index in [0.29, 0.717) is 11.7 Å². The second-order valence-corrected chi connectivity index (χ2v) is 8.36. The Balaban J connectivity index is 1.37. The number of amides is 1. The van der Waals surface area contributed by atoms with E-state index in [-0.39, 0.29) is 17.3 Å². The molecular weight excluding hydrogens is 398 g/mol. The first kappa shape index (κ1) is 20.3. The lowest BCUT2D eigenvalue weighted by atomic mass is 10.1. The van der Waals surface area contributed by atoms with Gasteiger partial charge in [-0.3, -0.25) is 9.36 Å². The van der Waals surface area contributed by atoms with Crippen molar-refractivity contribution in [1.82, 2.24) is 14.8 Å². The van der Waals surface area contributed by atoms with Gasteiger partial charge in [0, 0.05) is 24.5 Å². The molecule has 2 N–H and O–H groups in total. The van der Waals surface area contributed by atoms with Crippen molar-refractivity contribution >= 4 is 29.0 Å². The largest absolute Gasteiger partial charge is 0.372 e. The highest BCUT2D eigenvalue weighted by Crippen LogP contribution is 2.26. The number of carbonyl (C=O) groups is 1. The van der Waals surface area contributed by atoms with Crippen molar-refractivity contribution < 1.29 is 4.79 Å². The molecule has 1 amide bonds. The fourth-order valence-corrected chi connectivity index (χ4v) is 4.34. The van der Waals surface area contributed by atoms with E-state index in [9.17, 15) is 9.59 Å². The summed E-state index contributed by atoms with van der Waals surface area (Å²) in [7, 11) is 0. The van der Waals surface area contributed by atoms with E-state index in [1.165, 1.54) is 30.3 Å². The first-order valence-corrected chi connectivity index (χ1v) is 11.1. The zero-order chi connectivity index (χ0) is 20.9. The molecule has 0 unspecified atom stereocenters. The Morgan fingerprint density at radius 2 is 1.93 bits per heavy atom. The third-order valence-electron chi connectivity index (χ3n) is 5.19. The van der Waals surface area contributed by atoms with Crippen molar-refractivity contribution in [2.24, 2.45) is 0 Å². The molecule has 156 valence electrons. The molecule has 7 nitrogen and oxygen atoms in total. The first-order chi connectivity index (χ1) is 14.6. The number of aromatic amines is 1. The molecule has 1 aromatic heterocycles. The van der Waals surface area contributed by atoms with Gasteiger partial charge in [0.05, 0.1) is 12.3 Å². The monoisotopic (exact) mass is 423 g/mol. The Kier molecular flexibility index (Phi) is 6.23. The van der Waals surface area contributed by atoms with Crippen LogP contribution in [0.5, 0.6) is 0 Å². The molecular formula is C22H25N5O2S. The normalized spacial score (nSPS) is 13.6. The van der Waals surface area contributed by atoms with Crippen LogP contribution in [-0.4, -0.2) is 39.5 Å². The van der Waals surface area contributed by atoms with E-state index in [2.05, 4.69) is 32.5 Å². The Morgan fingerprint density at radius 3 is 2.67 bits per heavy atom. The molecule has 0 radical (unpaired) electrons. The number of nitrogens with one attached hydrogen (secondary N) is 2. The molecule has 0 saturated carbocycles. The van der Waals surface area contributed by atoms with Crippen LogP contribution in [0.15, 0.2) is 58.5 Å². The fourth-order valence-electron chi connectivity index (χ4n) is 3.60. The minimum Gasteiger partial charge on any atom is -0.372 e. The number of rotatable bonds is 7. The highest BCUT2D eigenvalue weighted by atomic mass is 32.2. The average Bonchev–Trinajstić information content (AvgIpc) is 3.40. The van der Waals surface area contributed by atoms with Gasteiger partial charge >= 0.3 is 5.69 Å². The second kappa shape index (κ2) is 9.21. The number of H-pyrrole nitrogens is 1. The van der Waals surface area contributed by atoms with Gasteiger partial charge in [0.2, 0.25) is 5.91 Å². The van der Waals surface area contributed by atoms with Crippen LogP contribution >= 0.6 is 11.8 Å². The number of aromatic nitrogens is 3. The molecule has 0 atom stereocenters. The molecule has 8 heteroatoms. The van der Waals surface area contributed by atoms with Crippen LogP contribution in [0.2, 0.25) is 0 Å². The molecule has 1 aliphatic rings. The molecule has 0 bridgehead atoms. The van der Waals surface area contributed by atoms with E-state index in [0.717, 1.165) is 29.9 Å². The van der Waals surface area contributed by atoms with Crippen molar-refractivity contribution in [3.05, 3.63) is 70.1 Å². The summed E-state index contributed by atoms with van der Waals surface area (Å²) in [4.78, 5) is 27.0. The van der Waals surface area contributed by atoms with Crippen molar-refractivity contribution in [3.63, 3.8) is 0 Å². The minimum absolute atomic E-state index is 0.126. The van der Waals surface area contributed by atoms with Gasteiger partial charge in [-0.05, 0) is 49.1 Å². The van der Waals surface area contributed by atoms with Gasteiger partial charge in [-0.25, -0.2) is 9.89 Å². The Labute approximate surface area is 179 Å². The molecule has 4 rings (SSSR count). The van der Waals surface area contributed by atoms with Gasteiger partial charge < -0.3 is 10.2 Å². The van der Waals surface area contributed by atoms with Crippen LogP contribution in [0.3, 0.4) is 0 Å². The smallest absolute Gasteiger partial charge is 0.344 e. The van der Waals surface area contributed by atoms with E-state index in [1.54, 1.807) is 4.57 Å². The fraction of sp³-hybridized carbons (Fsp3) is 0.318. The second-order valence-electron chi connectivity index (χ2n) is 7.41. The van der Waals surface area contributed by atoms with Crippen molar-refractivity contribution in [2.75, 3.05) is 29.1 Å². The number of carbonyl (C=O) groups excluding carboxylic acids is 1. The third-order valence-corrected chi connectivity index (χ3v) is 6.17. The van der Waals surface area contributed by atoms with Gasteiger partial charge in [-0.2, -0.15) is 0 Å². The summed E-state index contributed by atoms with van der Waals surface area (Å²) in [5.74, 6) is 0.0468. The van der Waals surface area contributed by atoms with Gasteiger partial charge in [0.1, 0.15) is 0 Å². The summed E-state index contributed by atoms with van der Waals surface area (Å²) in [6.45, 7) is 4.61. The maximum absolute atomic E-state index is 12.5. The molecule has 3 aromatic rings. The minimum atomic E-state index is -0.282. The summed E-state index contributed by atoms with van der Waals surface area (Å²) in [6, 6.07) is 15.8. The quantitative estimate of drug-likeness (QED) is 0.570. The number of aryl methyl sites for hydroxylation is 1. The lowest BCUT2D eigenvalue weighted by Gasteiger charge is -2.19. The van der Waals surface area contributed by atoms with E-state index < -0.39 is 0 Å². The SMILES string of the molecule is Cc1cc(N2CCCC2)ccc1NC(=O)CSc1n[nH]c(=O)n1Cc1ccccc1. The summed E-state index contributed by atoms with van der Waals surface area (Å²) < 4.78 is 1.55. The summed E-state index contributed by atoms with van der Waals surface area (Å²) in [5.41, 5.74) is 3.78. The van der Waals surface area contributed by atoms with E-state index in [1.807, 2.05) is 43.3 Å². The number of anilines is 2. The van der Waals surface area contributed by atoms with E-state index >= 15 is 0 Å². The Morgan fingerprint density at radius 1 is 1.17 bits per heavy atom. The molecule has 1 fully saturated rings. The molecule has 2 aromatic carbocycles. The summed E-state index contributed by atoms with van der Waals surface area (Å²) in [6.07, 6.45) is 2.47. The number of hydrogen-bond donors (Lipinski definition) is 2. The predicted octanol–water partition coefficient (Wildman–Crippen LogP) is 3.26. The maximum Gasteiger partial charge on any atom is 0.344 e. The van der Waals surface area contributed by atoms with Crippen LogP contribution in [0.1, 0.15) is 24.0 Å². The highest BCUT2D eigenvalue weighted by molar-refractivity contribution is 7.99. The number of hydrogen-bond acceptors (Lipinski definition) is 5. The average molecular weight is 424 g/mol. The Hall–Kier alpha value is -3.00. The van der Waals surface area contributed by atoms with Crippen LogP contribution in [0, 0.1) is 6.92 Å².